The first-order chi connectivity index (χ1) is 12.2. The molecule has 0 aliphatic carbocycles. The third-order valence-electron chi connectivity index (χ3n) is 4.17. The van der Waals surface area contributed by atoms with Gasteiger partial charge < -0.3 is 20.3 Å². The van der Waals surface area contributed by atoms with Gasteiger partial charge in [0.1, 0.15) is 5.60 Å². The molecule has 1 aliphatic rings. The lowest BCUT2D eigenvalue weighted by Gasteiger charge is -2.33. The number of carbonyl (C=O) groups excluding carboxylic acids is 3. The lowest BCUT2D eigenvalue weighted by atomic mass is 9.96. The van der Waals surface area contributed by atoms with Crippen LogP contribution in [-0.4, -0.2) is 48.5 Å². The first kappa shape index (κ1) is 19.8. The van der Waals surface area contributed by atoms with Crippen molar-refractivity contribution in [3.63, 3.8) is 0 Å². The van der Waals surface area contributed by atoms with Gasteiger partial charge in [-0.1, -0.05) is 12.1 Å². The molecule has 7 heteroatoms. The summed E-state index contributed by atoms with van der Waals surface area (Å²) in [5, 5.41) is 5.41. The van der Waals surface area contributed by atoms with Crippen LogP contribution in [-0.2, 0) is 9.53 Å². The second-order valence-electron chi connectivity index (χ2n) is 7.36. The summed E-state index contributed by atoms with van der Waals surface area (Å²) in [6.07, 6.45) is 0.779. The van der Waals surface area contributed by atoms with E-state index in [0.717, 1.165) is 0 Å². The number of ether oxygens (including phenoxy) is 1. The van der Waals surface area contributed by atoms with Crippen molar-refractivity contribution in [1.29, 1.82) is 0 Å². The van der Waals surface area contributed by atoms with E-state index in [4.69, 9.17) is 4.74 Å². The Morgan fingerprint density at radius 2 is 1.73 bits per heavy atom. The largest absolute Gasteiger partial charge is 0.444 e. The molecule has 0 saturated carbocycles. The standard InChI is InChI=1S/C19H27N3O4/c1-19(2,3)26-18(25)22-11-9-13(10-12-22)16(23)21-15-8-6-5-7-14(15)17(24)20-4/h5-8,13H,9-12H2,1-4H3,(H,20,24)(H,21,23). The Hall–Kier alpha value is -2.57. The molecule has 0 spiro atoms. The number of piperidine rings is 1. The Labute approximate surface area is 154 Å². The summed E-state index contributed by atoms with van der Waals surface area (Å²) in [7, 11) is 1.55. The number of nitrogens with zero attached hydrogens (tertiary/aromatic N) is 1. The van der Waals surface area contributed by atoms with Gasteiger partial charge in [0, 0.05) is 26.1 Å². The van der Waals surface area contributed by atoms with Crippen molar-refractivity contribution < 1.29 is 19.1 Å². The Balaban J connectivity index is 1.93. The van der Waals surface area contributed by atoms with Crippen molar-refractivity contribution in [1.82, 2.24) is 10.2 Å². The van der Waals surface area contributed by atoms with E-state index in [1.165, 1.54) is 0 Å². The van der Waals surface area contributed by atoms with Crippen LogP contribution in [0.1, 0.15) is 44.0 Å². The van der Waals surface area contributed by atoms with Crippen LogP contribution >= 0.6 is 0 Å². The summed E-state index contributed by atoms with van der Waals surface area (Å²) in [5.41, 5.74) is 0.385. The van der Waals surface area contributed by atoms with Gasteiger partial charge in [-0.2, -0.15) is 0 Å². The number of hydrogen-bond donors (Lipinski definition) is 2. The number of para-hydroxylation sites is 1. The second-order valence-corrected chi connectivity index (χ2v) is 7.36. The zero-order valence-corrected chi connectivity index (χ0v) is 15.8. The molecule has 0 unspecified atom stereocenters. The highest BCUT2D eigenvalue weighted by Crippen LogP contribution is 2.22. The van der Waals surface area contributed by atoms with E-state index >= 15 is 0 Å². The van der Waals surface area contributed by atoms with E-state index in [0.29, 0.717) is 37.2 Å². The third kappa shape index (κ3) is 5.21. The molecule has 2 rings (SSSR count). The molecular formula is C19H27N3O4. The van der Waals surface area contributed by atoms with E-state index < -0.39 is 5.60 Å². The third-order valence-corrected chi connectivity index (χ3v) is 4.17. The van der Waals surface area contributed by atoms with Crippen LogP contribution in [0.15, 0.2) is 24.3 Å². The highest BCUT2D eigenvalue weighted by Gasteiger charge is 2.30. The Morgan fingerprint density at radius 1 is 1.12 bits per heavy atom. The predicted octanol–water partition coefficient (Wildman–Crippen LogP) is 2.63. The zero-order chi connectivity index (χ0) is 19.3. The number of anilines is 1. The molecule has 1 saturated heterocycles. The van der Waals surface area contributed by atoms with Crippen LogP contribution in [0.4, 0.5) is 10.5 Å². The Morgan fingerprint density at radius 3 is 2.31 bits per heavy atom. The maximum Gasteiger partial charge on any atom is 0.410 e. The molecule has 7 nitrogen and oxygen atoms in total. The molecule has 1 aromatic carbocycles. The quantitative estimate of drug-likeness (QED) is 0.866. The van der Waals surface area contributed by atoms with Crippen molar-refractivity contribution in [3.05, 3.63) is 29.8 Å². The number of hydrogen-bond acceptors (Lipinski definition) is 4. The van der Waals surface area contributed by atoms with Crippen molar-refractivity contribution in [3.8, 4) is 0 Å². The molecule has 0 radical (unpaired) electrons. The summed E-state index contributed by atoms with van der Waals surface area (Å²) in [4.78, 5) is 38.2. The summed E-state index contributed by atoms with van der Waals surface area (Å²) < 4.78 is 5.36. The van der Waals surface area contributed by atoms with Crippen LogP contribution in [0.5, 0.6) is 0 Å². The molecule has 3 amide bonds. The van der Waals surface area contributed by atoms with Gasteiger partial charge in [-0.25, -0.2) is 4.79 Å². The van der Waals surface area contributed by atoms with E-state index in [1.54, 1.807) is 36.2 Å². The first-order valence-corrected chi connectivity index (χ1v) is 8.81. The minimum Gasteiger partial charge on any atom is -0.444 e. The molecule has 2 N–H and O–H groups in total. The molecule has 1 aliphatic heterocycles. The lowest BCUT2D eigenvalue weighted by Crippen LogP contribution is -2.43. The van der Waals surface area contributed by atoms with Gasteiger partial charge in [-0.3, -0.25) is 9.59 Å². The molecule has 1 fully saturated rings. The minimum atomic E-state index is -0.533. The van der Waals surface area contributed by atoms with Crippen molar-refractivity contribution in [2.75, 3.05) is 25.5 Å². The van der Waals surface area contributed by atoms with Gasteiger partial charge in [0.15, 0.2) is 0 Å². The number of benzene rings is 1. The van der Waals surface area contributed by atoms with E-state index in [9.17, 15) is 14.4 Å². The lowest BCUT2D eigenvalue weighted by molar-refractivity contribution is -0.121. The average Bonchev–Trinajstić information content (AvgIpc) is 2.60. The number of amides is 3. The fourth-order valence-corrected chi connectivity index (χ4v) is 2.81. The summed E-state index contributed by atoms with van der Waals surface area (Å²) in [6.45, 7) is 6.44. The second kappa shape index (κ2) is 8.21. The van der Waals surface area contributed by atoms with Crippen molar-refractivity contribution in [2.45, 2.75) is 39.2 Å². The maximum absolute atomic E-state index is 12.6. The predicted molar refractivity (Wildman–Crippen MR) is 99.0 cm³/mol. The average molecular weight is 361 g/mol. The van der Waals surface area contributed by atoms with E-state index in [-0.39, 0.29) is 23.8 Å². The van der Waals surface area contributed by atoms with Crippen LogP contribution in [0.25, 0.3) is 0 Å². The normalized spacial score (nSPS) is 15.3. The molecular weight excluding hydrogens is 334 g/mol. The molecule has 1 aromatic rings. The molecule has 0 atom stereocenters. The number of nitrogens with one attached hydrogen (secondary N) is 2. The van der Waals surface area contributed by atoms with Crippen molar-refractivity contribution >= 4 is 23.6 Å². The Bertz CT molecular complexity index is 674. The van der Waals surface area contributed by atoms with Gasteiger partial charge in [-0.05, 0) is 45.7 Å². The molecule has 0 aromatic heterocycles. The molecule has 1 heterocycles. The number of rotatable bonds is 3. The van der Waals surface area contributed by atoms with E-state index in [2.05, 4.69) is 10.6 Å². The minimum absolute atomic E-state index is 0.134. The van der Waals surface area contributed by atoms with Crippen LogP contribution in [0, 0.1) is 5.92 Å². The molecule has 0 bridgehead atoms. The maximum atomic E-state index is 12.6. The smallest absolute Gasteiger partial charge is 0.410 e. The van der Waals surface area contributed by atoms with Crippen LogP contribution < -0.4 is 10.6 Å². The number of carbonyl (C=O) groups is 3. The van der Waals surface area contributed by atoms with Gasteiger partial charge in [-0.15, -0.1) is 0 Å². The fraction of sp³-hybridized carbons (Fsp3) is 0.526. The molecule has 142 valence electrons. The summed E-state index contributed by atoms with van der Waals surface area (Å²) >= 11 is 0. The highest BCUT2D eigenvalue weighted by molar-refractivity contribution is 6.04. The SMILES string of the molecule is CNC(=O)c1ccccc1NC(=O)C1CCN(C(=O)OC(C)(C)C)CC1. The van der Waals surface area contributed by atoms with Gasteiger partial charge in [0.2, 0.25) is 5.91 Å². The Kier molecular flexibility index (Phi) is 6.23. The van der Waals surface area contributed by atoms with Gasteiger partial charge >= 0.3 is 6.09 Å². The first-order valence-electron chi connectivity index (χ1n) is 8.81. The topological polar surface area (TPSA) is 87.7 Å². The zero-order valence-electron chi connectivity index (χ0n) is 15.8. The molecule has 26 heavy (non-hydrogen) atoms. The van der Waals surface area contributed by atoms with Gasteiger partial charge in [0.05, 0.1) is 11.3 Å². The highest BCUT2D eigenvalue weighted by atomic mass is 16.6. The van der Waals surface area contributed by atoms with Crippen LogP contribution in [0.3, 0.4) is 0 Å². The van der Waals surface area contributed by atoms with Crippen LogP contribution in [0.2, 0.25) is 0 Å². The van der Waals surface area contributed by atoms with Crippen molar-refractivity contribution in [2.24, 2.45) is 5.92 Å². The van der Waals surface area contributed by atoms with E-state index in [1.807, 2.05) is 20.8 Å². The summed E-state index contributed by atoms with van der Waals surface area (Å²) in [5.74, 6) is -0.586. The number of likely N-dealkylation sites (tertiary alicyclic amines) is 1. The van der Waals surface area contributed by atoms with Gasteiger partial charge in [0.25, 0.3) is 5.91 Å². The monoisotopic (exact) mass is 361 g/mol. The summed E-state index contributed by atoms with van der Waals surface area (Å²) in [6, 6.07) is 6.89. The fourth-order valence-electron chi connectivity index (χ4n) is 2.81.